The molecule has 0 saturated carbocycles. The van der Waals surface area contributed by atoms with Crippen molar-refractivity contribution >= 4 is 29.0 Å². The third-order valence-electron chi connectivity index (χ3n) is 4.48. The number of aryl methyl sites for hydroxylation is 1. The molecule has 142 valence electrons. The van der Waals surface area contributed by atoms with E-state index in [1.165, 1.54) is 6.92 Å². The van der Waals surface area contributed by atoms with Gasteiger partial charge in [-0.15, -0.1) is 0 Å². The first kappa shape index (κ1) is 18.8. The van der Waals surface area contributed by atoms with Gasteiger partial charge < -0.3 is 15.5 Å². The first-order chi connectivity index (χ1) is 12.9. The lowest BCUT2D eigenvalue weighted by Gasteiger charge is -2.30. The first-order valence-electron chi connectivity index (χ1n) is 9.20. The third kappa shape index (κ3) is 5.03. The molecule has 3 rings (SSSR count). The van der Waals surface area contributed by atoms with Crippen molar-refractivity contribution in [1.82, 2.24) is 14.9 Å². The number of nitrogens with zero attached hydrogens (tertiary/aromatic N) is 3. The second kappa shape index (κ2) is 8.16. The van der Waals surface area contributed by atoms with Gasteiger partial charge in [-0.3, -0.25) is 9.59 Å². The van der Waals surface area contributed by atoms with Crippen LogP contribution in [0.4, 0.5) is 17.2 Å². The average molecular weight is 367 g/mol. The molecule has 1 aromatic heterocycles. The second-order valence-corrected chi connectivity index (χ2v) is 7.07. The smallest absolute Gasteiger partial charge is 0.272 e. The molecular weight excluding hydrogens is 342 g/mol. The quantitative estimate of drug-likeness (QED) is 0.865. The van der Waals surface area contributed by atoms with Gasteiger partial charge in [0.1, 0.15) is 17.3 Å². The van der Waals surface area contributed by atoms with E-state index in [1.807, 2.05) is 17.0 Å². The molecule has 7 heteroatoms. The van der Waals surface area contributed by atoms with Gasteiger partial charge in [0.2, 0.25) is 5.91 Å². The number of benzene rings is 1. The Balaban J connectivity index is 1.75. The van der Waals surface area contributed by atoms with Crippen molar-refractivity contribution in [3.8, 4) is 0 Å². The molecule has 2 aromatic rings. The summed E-state index contributed by atoms with van der Waals surface area (Å²) in [5.41, 5.74) is 1.95. The Kier molecular flexibility index (Phi) is 5.69. The predicted octanol–water partition coefficient (Wildman–Crippen LogP) is 3.36. The topological polar surface area (TPSA) is 87.2 Å². The lowest BCUT2D eigenvalue weighted by molar-refractivity contribution is -0.114. The number of likely N-dealkylation sites (tertiary alicyclic amines) is 1. The molecule has 2 amide bonds. The van der Waals surface area contributed by atoms with E-state index < -0.39 is 0 Å². The fourth-order valence-corrected chi connectivity index (χ4v) is 3.27. The maximum atomic E-state index is 12.8. The van der Waals surface area contributed by atoms with Gasteiger partial charge in [0.25, 0.3) is 5.91 Å². The van der Waals surface area contributed by atoms with Crippen LogP contribution in [0.15, 0.2) is 30.3 Å². The van der Waals surface area contributed by atoms with E-state index in [0.29, 0.717) is 23.3 Å². The van der Waals surface area contributed by atoms with Gasteiger partial charge in [0.05, 0.1) is 0 Å². The molecule has 27 heavy (non-hydrogen) atoms. The van der Waals surface area contributed by atoms with Gasteiger partial charge in [-0.1, -0.05) is 6.92 Å². The number of hydrogen-bond donors (Lipinski definition) is 2. The standard InChI is InChI=1S/C20H25N5O2/c1-13-5-4-10-25(12-13)20(27)18-11-19(22-14(2)21-18)24-17-8-6-16(7-9-17)23-15(3)26/h6-9,11,13H,4-5,10,12H2,1-3H3,(H,23,26)(H,21,22,24). The number of amides is 2. The average Bonchev–Trinajstić information content (AvgIpc) is 2.62. The molecular formula is C20H25N5O2. The molecule has 0 aliphatic carbocycles. The number of hydrogen-bond acceptors (Lipinski definition) is 5. The highest BCUT2D eigenvalue weighted by molar-refractivity contribution is 5.93. The van der Waals surface area contributed by atoms with Crippen LogP contribution in [0.25, 0.3) is 0 Å². The van der Waals surface area contributed by atoms with Crippen LogP contribution in [0, 0.1) is 12.8 Å². The maximum Gasteiger partial charge on any atom is 0.272 e. The minimum absolute atomic E-state index is 0.0453. The third-order valence-corrected chi connectivity index (χ3v) is 4.48. The van der Waals surface area contributed by atoms with Crippen LogP contribution in [0.2, 0.25) is 0 Å². The zero-order chi connectivity index (χ0) is 19.4. The molecule has 1 aromatic carbocycles. The van der Waals surface area contributed by atoms with Crippen molar-refractivity contribution in [2.24, 2.45) is 5.92 Å². The summed E-state index contributed by atoms with van der Waals surface area (Å²) >= 11 is 0. The fraction of sp³-hybridized carbons (Fsp3) is 0.400. The highest BCUT2D eigenvalue weighted by atomic mass is 16.2. The number of aromatic nitrogens is 2. The van der Waals surface area contributed by atoms with Gasteiger partial charge in [0, 0.05) is 37.5 Å². The summed E-state index contributed by atoms with van der Waals surface area (Å²) in [6.07, 6.45) is 2.19. The summed E-state index contributed by atoms with van der Waals surface area (Å²) in [4.78, 5) is 34.5. The van der Waals surface area contributed by atoms with Gasteiger partial charge in [0.15, 0.2) is 0 Å². The monoisotopic (exact) mass is 367 g/mol. The van der Waals surface area contributed by atoms with E-state index in [0.717, 1.165) is 37.3 Å². The van der Waals surface area contributed by atoms with E-state index in [2.05, 4.69) is 27.5 Å². The molecule has 0 bridgehead atoms. The number of piperidine rings is 1. The Labute approximate surface area is 159 Å². The minimum atomic E-state index is -0.114. The van der Waals surface area contributed by atoms with E-state index in [9.17, 15) is 9.59 Å². The van der Waals surface area contributed by atoms with Crippen molar-refractivity contribution in [2.45, 2.75) is 33.6 Å². The molecule has 0 spiro atoms. The summed E-state index contributed by atoms with van der Waals surface area (Å²) in [7, 11) is 0. The van der Waals surface area contributed by atoms with Crippen LogP contribution < -0.4 is 10.6 Å². The molecule has 1 fully saturated rings. The Morgan fingerprint density at radius 3 is 2.52 bits per heavy atom. The fourth-order valence-electron chi connectivity index (χ4n) is 3.27. The van der Waals surface area contributed by atoms with Crippen molar-refractivity contribution < 1.29 is 9.59 Å². The normalized spacial score (nSPS) is 16.7. The van der Waals surface area contributed by atoms with Crippen LogP contribution in [-0.4, -0.2) is 39.8 Å². The Hall–Kier alpha value is -2.96. The predicted molar refractivity (Wildman–Crippen MR) is 105 cm³/mol. The SMILES string of the molecule is CC(=O)Nc1ccc(Nc2cc(C(=O)N3CCCC(C)C3)nc(C)n2)cc1. The summed E-state index contributed by atoms with van der Waals surface area (Å²) in [6.45, 7) is 6.97. The lowest BCUT2D eigenvalue weighted by atomic mass is 10.00. The van der Waals surface area contributed by atoms with E-state index in [4.69, 9.17) is 0 Å². The Morgan fingerprint density at radius 1 is 1.15 bits per heavy atom. The number of carbonyl (C=O) groups excluding carboxylic acids is 2. The summed E-state index contributed by atoms with van der Waals surface area (Å²) in [5.74, 6) is 1.48. The van der Waals surface area contributed by atoms with Gasteiger partial charge in [-0.2, -0.15) is 0 Å². The highest BCUT2D eigenvalue weighted by Crippen LogP contribution is 2.21. The Morgan fingerprint density at radius 2 is 1.85 bits per heavy atom. The van der Waals surface area contributed by atoms with Gasteiger partial charge in [-0.25, -0.2) is 9.97 Å². The Bertz CT molecular complexity index is 835. The molecule has 1 atom stereocenters. The molecule has 1 aliphatic rings. The molecule has 1 aliphatic heterocycles. The van der Waals surface area contributed by atoms with Crippen LogP contribution in [0.5, 0.6) is 0 Å². The maximum absolute atomic E-state index is 12.8. The number of carbonyl (C=O) groups is 2. The first-order valence-corrected chi connectivity index (χ1v) is 9.20. The zero-order valence-electron chi connectivity index (χ0n) is 16.0. The largest absolute Gasteiger partial charge is 0.340 e. The molecule has 1 saturated heterocycles. The van der Waals surface area contributed by atoms with E-state index in [1.54, 1.807) is 25.1 Å². The van der Waals surface area contributed by atoms with Crippen molar-refractivity contribution in [3.63, 3.8) is 0 Å². The molecule has 0 radical (unpaired) electrons. The van der Waals surface area contributed by atoms with Gasteiger partial charge >= 0.3 is 0 Å². The van der Waals surface area contributed by atoms with Crippen LogP contribution >= 0.6 is 0 Å². The second-order valence-electron chi connectivity index (χ2n) is 7.07. The molecule has 1 unspecified atom stereocenters. The van der Waals surface area contributed by atoms with Crippen LogP contribution in [0.3, 0.4) is 0 Å². The van der Waals surface area contributed by atoms with Crippen LogP contribution in [0.1, 0.15) is 43.0 Å². The minimum Gasteiger partial charge on any atom is -0.340 e. The van der Waals surface area contributed by atoms with E-state index in [-0.39, 0.29) is 11.8 Å². The number of anilines is 3. The zero-order valence-corrected chi connectivity index (χ0v) is 16.0. The van der Waals surface area contributed by atoms with Crippen molar-refractivity contribution in [1.29, 1.82) is 0 Å². The van der Waals surface area contributed by atoms with Crippen LogP contribution in [-0.2, 0) is 4.79 Å². The van der Waals surface area contributed by atoms with Crippen molar-refractivity contribution in [3.05, 3.63) is 41.9 Å². The van der Waals surface area contributed by atoms with Gasteiger partial charge in [-0.05, 0) is 49.9 Å². The number of nitrogens with one attached hydrogen (secondary N) is 2. The molecule has 2 N–H and O–H groups in total. The van der Waals surface area contributed by atoms with Crippen molar-refractivity contribution in [2.75, 3.05) is 23.7 Å². The van der Waals surface area contributed by atoms with E-state index >= 15 is 0 Å². The summed E-state index contributed by atoms with van der Waals surface area (Å²) in [5, 5.41) is 5.92. The highest BCUT2D eigenvalue weighted by Gasteiger charge is 2.23. The molecule has 2 heterocycles. The number of rotatable bonds is 4. The lowest BCUT2D eigenvalue weighted by Crippen LogP contribution is -2.39. The summed E-state index contributed by atoms with van der Waals surface area (Å²) in [6, 6.07) is 8.99. The molecule has 7 nitrogen and oxygen atoms in total. The summed E-state index contributed by atoms with van der Waals surface area (Å²) < 4.78 is 0.